The zero-order valence-corrected chi connectivity index (χ0v) is 9.44. The zero-order chi connectivity index (χ0) is 11.5. The van der Waals surface area contributed by atoms with Crippen LogP contribution in [0.25, 0.3) is 0 Å². The third kappa shape index (κ3) is 2.07. The number of hydrazine groups is 1. The van der Waals surface area contributed by atoms with Crippen LogP contribution in [0.1, 0.15) is 28.9 Å². The van der Waals surface area contributed by atoms with Crippen molar-refractivity contribution in [2.24, 2.45) is 12.9 Å². The molecule has 2 heterocycles. The SMILES string of the molecule is Cn1ncc(C(=O)NN)c1CN1CCCC1. The average Bonchev–Trinajstić information content (AvgIpc) is 2.90. The number of likely N-dealkylation sites (tertiary alicyclic amines) is 1. The Hall–Kier alpha value is -1.40. The highest BCUT2D eigenvalue weighted by molar-refractivity contribution is 5.94. The summed E-state index contributed by atoms with van der Waals surface area (Å²) in [7, 11) is 1.85. The molecule has 1 aliphatic rings. The van der Waals surface area contributed by atoms with Crippen molar-refractivity contribution in [2.45, 2.75) is 19.4 Å². The molecule has 0 aromatic carbocycles. The summed E-state index contributed by atoms with van der Waals surface area (Å²) in [5, 5.41) is 4.10. The summed E-state index contributed by atoms with van der Waals surface area (Å²) in [6, 6.07) is 0. The molecule has 1 aromatic rings. The predicted molar refractivity (Wildman–Crippen MR) is 59.4 cm³/mol. The van der Waals surface area contributed by atoms with E-state index in [9.17, 15) is 4.79 Å². The minimum Gasteiger partial charge on any atom is -0.298 e. The lowest BCUT2D eigenvalue weighted by molar-refractivity contribution is 0.0951. The van der Waals surface area contributed by atoms with Crippen molar-refractivity contribution >= 4 is 5.91 Å². The van der Waals surface area contributed by atoms with Gasteiger partial charge in [-0.2, -0.15) is 5.10 Å². The molecule has 6 nitrogen and oxygen atoms in total. The van der Waals surface area contributed by atoms with Crippen molar-refractivity contribution in [1.82, 2.24) is 20.1 Å². The molecule has 6 heteroatoms. The molecule has 0 bridgehead atoms. The topological polar surface area (TPSA) is 76.2 Å². The first-order chi connectivity index (χ1) is 7.72. The van der Waals surface area contributed by atoms with Gasteiger partial charge in [0.05, 0.1) is 17.5 Å². The summed E-state index contributed by atoms with van der Waals surface area (Å²) in [5.74, 6) is 4.86. The summed E-state index contributed by atoms with van der Waals surface area (Å²) in [6.45, 7) is 2.95. The fraction of sp³-hybridized carbons (Fsp3) is 0.600. The minimum atomic E-state index is -0.276. The van der Waals surface area contributed by atoms with E-state index in [0.717, 1.165) is 25.3 Å². The molecular formula is C10H17N5O. The van der Waals surface area contributed by atoms with E-state index in [-0.39, 0.29) is 5.91 Å². The number of rotatable bonds is 3. The van der Waals surface area contributed by atoms with E-state index in [1.807, 2.05) is 7.05 Å². The zero-order valence-electron chi connectivity index (χ0n) is 9.44. The van der Waals surface area contributed by atoms with Crippen LogP contribution in [-0.2, 0) is 13.6 Å². The van der Waals surface area contributed by atoms with Crippen molar-refractivity contribution in [3.8, 4) is 0 Å². The molecule has 2 rings (SSSR count). The first kappa shape index (κ1) is 11.1. The number of hydrogen-bond donors (Lipinski definition) is 2. The highest BCUT2D eigenvalue weighted by Crippen LogP contribution is 2.15. The Morgan fingerprint density at radius 1 is 1.56 bits per heavy atom. The Bertz CT molecular complexity index is 381. The van der Waals surface area contributed by atoms with Crippen LogP contribution in [0.5, 0.6) is 0 Å². The number of nitrogens with zero attached hydrogens (tertiary/aromatic N) is 3. The minimum absolute atomic E-state index is 0.276. The molecule has 1 aliphatic heterocycles. The summed E-state index contributed by atoms with van der Waals surface area (Å²) >= 11 is 0. The van der Waals surface area contributed by atoms with E-state index in [1.165, 1.54) is 12.8 Å². The maximum Gasteiger partial charge on any atom is 0.268 e. The number of aromatic nitrogens is 2. The van der Waals surface area contributed by atoms with Crippen LogP contribution in [0.2, 0.25) is 0 Å². The lowest BCUT2D eigenvalue weighted by Crippen LogP contribution is -2.31. The maximum absolute atomic E-state index is 11.5. The van der Waals surface area contributed by atoms with Crippen LogP contribution in [0.3, 0.4) is 0 Å². The second kappa shape index (κ2) is 4.63. The summed E-state index contributed by atoms with van der Waals surface area (Å²) in [5.41, 5.74) is 3.64. The van der Waals surface area contributed by atoms with Gasteiger partial charge in [0.25, 0.3) is 5.91 Å². The lowest BCUT2D eigenvalue weighted by atomic mass is 10.2. The Morgan fingerprint density at radius 2 is 2.25 bits per heavy atom. The second-order valence-electron chi connectivity index (χ2n) is 4.09. The van der Waals surface area contributed by atoms with Crippen molar-refractivity contribution in [3.63, 3.8) is 0 Å². The van der Waals surface area contributed by atoms with Gasteiger partial charge in [0.2, 0.25) is 0 Å². The van der Waals surface area contributed by atoms with Crippen LogP contribution in [0, 0.1) is 0 Å². The Balaban J connectivity index is 2.17. The third-order valence-electron chi connectivity index (χ3n) is 3.01. The maximum atomic E-state index is 11.5. The summed E-state index contributed by atoms with van der Waals surface area (Å²) in [4.78, 5) is 13.8. The Morgan fingerprint density at radius 3 is 2.88 bits per heavy atom. The number of carbonyl (C=O) groups excluding carboxylic acids is 1. The molecule has 16 heavy (non-hydrogen) atoms. The van der Waals surface area contributed by atoms with Crippen LogP contribution >= 0.6 is 0 Å². The number of aryl methyl sites for hydroxylation is 1. The number of nitrogens with one attached hydrogen (secondary N) is 1. The lowest BCUT2D eigenvalue weighted by Gasteiger charge is -2.15. The molecule has 1 aromatic heterocycles. The van der Waals surface area contributed by atoms with E-state index >= 15 is 0 Å². The van der Waals surface area contributed by atoms with Gasteiger partial charge in [-0.3, -0.25) is 19.8 Å². The summed E-state index contributed by atoms with van der Waals surface area (Å²) in [6.07, 6.45) is 4.03. The molecule has 0 spiro atoms. The van der Waals surface area contributed by atoms with Crippen molar-refractivity contribution in [2.75, 3.05) is 13.1 Å². The van der Waals surface area contributed by atoms with Gasteiger partial charge >= 0.3 is 0 Å². The monoisotopic (exact) mass is 223 g/mol. The molecule has 3 N–H and O–H groups in total. The smallest absolute Gasteiger partial charge is 0.268 e. The van der Waals surface area contributed by atoms with Crippen LogP contribution in [-0.4, -0.2) is 33.7 Å². The number of nitrogens with two attached hydrogens (primary N) is 1. The number of hydrogen-bond acceptors (Lipinski definition) is 4. The molecule has 0 radical (unpaired) electrons. The van der Waals surface area contributed by atoms with Crippen LogP contribution in [0.4, 0.5) is 0 Å². The van der Waals surface area contributed by atoms with Crippen LogP contribution in [0.15, 0.2) is 6.20 Å². The van der Waals surface area contributed by atoms with Gasteiger partial charge in [0.15, 0.2) is 0 Å². The van der Waals surface area contributed by atoms with E-state index in [0.29, 0.717) is 5.56 Å². The van der Waals surface area contributed by atoms with Crippen molar-refractivity contribution in [3.05, 3.63) is 17.5 Å². The fourth-order valence-electron chi connectivity index (χ4n) is 2.07. The van der Waals surface area contributed by atoms with Crippen molar-refractivity contribution < 1.29 is 4.79 Å². The highest BCUT2D eigenvalue weighted by Gasteiger charge is 2.19. The molecule has 88 valence electrons. The standard InChI is InChI=1S/C10H17N5O/c1-14-9(7-15-4-2-3-5-15)8(6-12-14)10(16)13-11/h6H,2-5,7,11H2,1H3,(H,13,16). The van der Waals surface area contributed by atoms with Gasteiger partial charge in [0.1, 0.15) is 0 Å². The van der Waals surface area contributed by atoms with Crippen LogP contribution < -0.4 is 11.3 Å². The molecule has 1 saturated heterocycles. The average molecular weight is 223 g/mol. The van der Waals surface area contributed by atoms with Gasteiger partial charge in [0, 0.05) is 13.6 Å². The number of nitrogen functional groups attached to an aromatic ring is 1. The predicted octanol–water partition coefficient (Wildman–Crippen LogP) is -0.381. The molecule has 0 saturated carbocycles. The number of amides is 1. The molecule has 1 fully saturated rings. The van der Waals surface area contributed by atoms with Gasteiger partial charge in [-0.15, -0.1) is 0 Å². The first-order valence-electron chi connectivity index (χ1n) is 5.46. The van der Waals surface area contributed by atoms with E-state index < -0.39 is 0 Å². The quantitative estimate of drug-likeness (QED) is 0.416. The summed E-state index contributed by atoms with van der Waals surface area (Å²) < 4.78 is 1.74. The van der Waals surface area contributed by atoms with Gasteiger partial charge < -0.3 is 0 Å². The highest BCUT2D eigenvalue weighted by atomic mass is 16.2. The van der Waals surface area contributed by atoms with Gasteiger partial charge in [-0.05, 0) is 25.9 Å². The fourth-order valence-corrected chi connectivity index (χ4v) is 2.07. The largest absolute Gasteiger partial charge is 0.298 e. The number of carbonyl (C=O) groups is 1. The Labute approximate surface area is 94.4 Å². The van der Waals surface area contributed by atoms with E-state index in [1.54, 1.807) is 10.9 Å². The molecular weight excluding hydrogens is 206 g/mol. The Kier molecular flexibility index (Phi) is 3.21. The molecule has 0 aliphatic carbocycles. The van der Waals surface area contributed by atoms with Gasteiger partial charge in [-0.25, -0.2) is 5.84 Å². The second-order valence-corrected chi connectivity index (χ2v) is 4.09. The van der Waals surface area contributed by atoms with E-state index in [2.05, 4.69) is 15.4 Å². The van der Waals surface area contributed by atoms with E-state index in [4.69, 9.17) is 5.84 Å². The molecule has 0 atom stereocenters. The van der Waals surface area contributed by atoms with Crippen molar-refractivity contribution in [1.29, 1.82) is 0 Å². The molecule has 1 amide bonds. The molecule has 0 unspecified atom stereocenters. The van der Waals surface area contributed by atoms with Gasteiger partial charge in [-0.1, -0.05) is 0 Å². The first-order valence-corrected chi connectivity index (χ1v) is 5.46. The third-order valence-corrected chi connectivity index (χ3v) is 3.01. The normalized spacial score (nSPS) is 16.6.